The number of ether oxygens (including phenoxy) is 1. The lowest BCUT2D eigenvalue weighted by Gasteiger charge is -2.35. The van der Waals surface area contributed by atoms with E-state index >= 15 is 0 Å². The fraction of sp³-hybridized carbons (Fsp3) is 0.333. The van der Waals surface area contributed by atoms with Gasteiger partial charge in [-0.2, -0.15) is 0 Å². The summed E-state index contributed by atoms with van der Waals surface area (Å²) >= 11 is 0. The minimum absolute atomic E-state index is 0.110. The van der Waals surface area contributed by atoms with Crippen LogP contribution in [0.5, 0.6) is 0 Å². The molecule has 2 heterocycles. The average Bonchev–Trinajstić information content (AvgIpc) is 2.40. The zero-order chi connectivity index (χ0) is 11.7. The van der Waals surface area contributed by atoms with E-state index in [0.29, 0.717) is 0 Å². The van der Waals surface area contributed by atoms with Crippen LogP contribution in [0.15, 0.2) is 53.8 Å². The summed E-state index contributed by atoms with van der Waals surface area (Å²) in [6, 6.07) is 10.5. The SMILES string of the molecule is CN1CC=CC2=C1CCOC2c1ccccc1. The smallest absolute Gasteiger partial charge is 0.109 e. The molecule has 88 valence electrons. The van der Waals surface area contributed by atoms with E-state index in [0.717, 1.165) is 19.6 Å². The van der Waals surface area contributed by atoms with Gasteiger partial charge in [-0.3, -0.25) is 0 Å². The summed E-state index contributed by atoms with van der Waals surface area (Å²) in [4.78, 5) is 2.33. The van der Waals surface area contributed by atoms with E-state index in [-0.39, 0.29) is 6.10 Å². The Balaban J connectivity index is 2.01. The van der Waals surface area contributed by atoms with Crippen LogP contribution >= 0.6 is 0 Å². The van der Waals surface area contributed by atoms with E-state index < -0.39 is 0 Å². The second-order valence-electron chi connectivity index (χ2n) is 4.60. The molecule has 2 nitrogen and oxygen atoms in total. The van der Waals surface area contributed by atoms with Crippen molar-refractivity contribution in [2.45, 2.75) is 12.5 Å². The predicted molar refractivity (Wildman–Crippen MR) is 68.5 cm³/mol. The summed E-state index contributed by atoms with van der Waals surface area (Å²) in [6.45, 7) is 1.83. The van der Waals surface area contributed by atoms with Crippen molar-refractivity contribution in [1.82, 2.24) is 4.90 Å². The summed E-state index contributed by atoms with van der Waals surface area (Å²) in [5.74, 6) is 0. The van der Waals surface area contributed by atoms with Gasteiger partial charge >= 0.3 is 0 Å². The van der Waals surface area contributed by atoms with E-state index in [4.69, 9.17) is 4.74 Å². The first-order valence-electron chi connectivity index (χ1n) is 6.13. The highest BCUT2D eigenvalue weighted by molar-refractivity contribution is 5.39. The van der Waals surface area contributed by atoms with Crippen LogP contribution in [-0.4, -0.2) is 25.1 Å². The highest BCUT2D eigenvalue weighted by Crippen LogP contribution is 2.36. The number of hydrogen-bond acceptors (Lipinski definition) is 2. The van der Waals surface area contributed by atoms with Crippen LogP contribution < -0.4 is 0 Å². The van der Waals surface area contributed by atoms with E-state index in [1.54, 1.807) is 0 Å². The topological polar surface area (TPSA) is 12.5 Å². The molecule has 0 aliphatic carbocycles. The quantitative estimate of drug-likeness (QED) is 0.731. The van der Waals surface area contributed by atoms with Crippen molar-refractivity contribution in [3.8, 4) is 0 Å². The molecule has 1 aromatic carbocycles. The Morgan fingerprint density at radius 1 is 1.24 bits per heavy atom. The molecule has 0 amide bonds. The van der Waals surface area contributed by atoms with Crippen LogP contribution in [-0.2, 0) is 4.74 Å². The maximum atomic E-state index is 5.95. The van der Waals surface area contributed by atoms with Gasteiger partial charge in [0.05, 0.1) is 6.61 Å². The first kappa shape index (κ1) is 10.6. The first-order valence-corrected chi connectivity index (χ1v) is 6.13. The lowest BCUT2D eigenvalue weighted by atomic mass is 9.94. The van der Waals surface area contributed by atoms with E-state index in [1.807, 2.05) is 6.07 Å². The molecule has 0 aromatic heterocycles. The molecular formula is C15H17NO. The molecule has 3 rings (SSSR count). The molecule has 0 saturated carbocycles. The number of hydrogen-bond donors (Lipinski definition) is 0. The van der Waals surface area contributed by atoms with Crippen molar-refractivity contribution >= 4 is 0 Å². The Morgan fingerprint density at radius 2 is 2.06 bits per heavy atom. The van der Waals surface area contributed by atoms with Crippen molar-refractivity contribution in [2.24, 2.45) is 0 Å². The third-order valence-corrected chi connectivity index (χ3v) is 3.48. The van der Waals surface area contributed by atoms with Gasteiger partial charge in [0, 0.05) is 31.3 Å². The van der Waals surface area contributed by atoms with Gasteiger partial charge in [-0.1, -0.05) is 42.5 Å². The van der Waals surface area contributed by atoms with Crippen LogP contribution in [0.4, 0.5) is 0 Å². The fourth-order valence-electron chi connectivity index (χ4n) is 2.61. The highest BCUT2D eigenvalue weighted by Gasteiger charge is 2.26. The summed E-state index contributed by atoms with van der Waals surface area (Å²) in [7, 11) is 2.16. The third-order valence-electron chi connectivity index (χ3n) is 3.48. The normalized spacial score (nSPS) is 23.8. The van der Waals surface area contributed by atoms with E-state index in [2.05, 4.69) is 48.4 Å². The number of rotatable bonds is 1. The molecule has 0 N–H and O–H groups in total. The van der Waals surface area contributed by atoms with Crippen LogP contribution in [0.3, 0.4) is 0 Å². The fourth-order valence-corrected chi connectivity index (χ4v) is 2.61. The van der Waals surface area contributed by atoms with E-state index in [1.165, 1.54) is 16.8 Å². The lowest BCUT2D eigenvalue weighted by Crippen LogP contribution is -2.28. The number of likely N-dealkylation sites (N-methyl/N-ethyl adjacent to an activating group) is 1. The van der Waals surface area contributed by atoms with Crippen LogP contribution in [0, 0.1) is 0 Å². The third kappa shape index (κ3) is 1.89. The van der Waals surface area contributed by atoms with Crippen molar-refractivity contribution in [3.05, 3.63) is 59.3 Å². The molecule has 1 unspecified atom stereocenters. The van der Waals surface area contributed by atoms with Gasteiger partial charge in [0.1, 0.15) is 6.10 Å². The monoisotopic (exact) mass is 227 g/mol. The highest BCUT2D eigenvalue weighted by atomic mass is 16.5. The second-order valence-corrected chi connectivity index (χ2v) is 4.60. The summed E-state index contributed by atoms with van der Waals surface area (Å²) < 4.78 is 5.95. The van der Waals surface area contributed by atoms with Crippen LogP contribution in [0.1, 0.15) is 18.1 Å². The minimum atomic E-state index is 0.110. The Hall–Kier alpha value is -1.54. The number of benzene rings is 1. The van der Waals surface area contributed by atoms with Crippen molar-refractivity contribution < 1.29 is 4.74 Å². The van der Waals surface area contributed by atoms with Gasteiger partial charge in [-0.15, -0.1) is 0 Å². The maximum absolute atomic E-state index is 5.95. The molecule has 1 atom stereocenters. The maximum Gasteiger partial charge on any atom is 0.109 e. The van der Waals surface area contributed by atoms with Gasteiger partial charge in [0.15, 0.2) is 0 Å². The van der Waals surface area contributed by atoms with Crippen molar-refractivity contribution in [3.63, 3.8) is 0 Å². The second kappa shape index (κ2) is 4.38. The first-order chi connectivity index (χ1) is 8.36. The van der Waals surface area contributed by atoms with Crippen molar-refractivity contribution in [1.29, 1.82) is 0 Å². The molecule has 1 aromatic rings. The van der Waals surface area contributed by atoms with Gasteiger partial charge in [-0.25, -0.2) is 0 Å². The summed E-state index contributed by atoms with van der Waals surface area (Å²) in [5.41, 5.74) is 4.02. The molecule has 2 heteroatoms. The lowest BCUT2D eigenvalue weighted by molar-refractivity contribution is 0.0612. The van der Waals surface area contributed by atoms with Gasteiger partial charge in [-0.05, 0) is 5.56 Å². The summed E-state index contributed by atoms with van der Waals surface area (Å²) in [5, 5.41) is 0. The van der Waals surface area contributed by atoms with E-state index in [9.17, 15) is 0 Å². The molecule has 0 bridgehead atoms. The zero-order valence-corrected chi connectivity index (χ0v) is 10.1. The largest absolute Gasteiger partial charge is 0.374 e. The molecule has 0 fully saturated rings. The Bertz CT molecular complexity index is 461. The zero-order valence-electron chi connectivity index (χ0n) is 10.1. The predicted octanol–water partition coefficient (Wildman–Crippen LogP) is 2.90. The molecule has 17 heavy (non-hydrogen) atoms. The molecule has 2 aliphatic heterocycles. The van der Waals surface area contributed by atoms with Gasteiger partial charge in [0.2, 0.25) is 0 Å². The van der Waals surface area contributed by atoms with Gasteiger partial charge in [0.25, 0.3) is 0 Å². The van der Waals surface area contributed by atoms with Crippen LogP contribution in [0.25, 0.3) is 0 Å². The Morgan fingerprint density at radius 3 is 2.88 bits per heavy atom. The molecule has 0 spiro atoms. The Kier molecular flexibility index (Phi) is 2.73. The molecular weight excluding hydrogens is 210 g/mol. The molecule has 2 aliphatic rings. The molecule has 0 saturated heterocycles. The molecule has 0 radical (unpaired) electrons. The summed E-state index contributed by atoms with van der Waals surface area (Å²) in [6.07, 6.45) is 5.58. The average molecular weight is 227 g/mol. The Labute approximate surface area is 102 Å². The van der Waals surface area contributed by atoms with Crippen molar-refractivity contribution in [2.75, 3.05) is 20.2 Å². The minimum Gasteiger partial charge on any atom is -0.374 e. The van der Waals surface area contributed by atoms with Crippen LogP contribution in [0.2, 0.25) is 0 Å². The standard InChI is InChI=1S/C15H17NO/c1-16-10-5-8-13-14(16)9-11-17-15(13)12-6-3-2-4-7-12/h2-8,15H,9-11H2,1H3. The number of nitrogens with zero attached hydrogens (tertiary/aromatic N) is 1. The van der Waals surface area contributed by atoms with Gasteiger partial charge < -0.3 is 9.64 Å².